The molecule has 0 aliphatic carbocycles. The van der Waals surface area contributed by atoms with Crippen molar-refractivity contribution >= 4 is 19.8 Å². The molecule has 0 rings (SSSR count). The van der Waals surface area contributed by atoms with Crippen LogP contribution in [-0.4, -0.2) is 70.0 Å². The van der Waals surface area contributed by atoms with Gasteiger partial charge in [0.1, 0.15) is 19.8 Å². The van der Waals surface area contributed by atoms with Crippen LogP contribution in [-0.2, 0) is 32.7 Å². The van der Waals surface area contributed by atoms with Gasteiger partial charge in [-0.1, -0.05) is 333 Å². The Kier molecular flexibility index (Phi) is 62.3. The zero-order chi connectivity index (χ0) is 59.8. The number of ether oxygens (including phenoxy) is 2. The number of quaternary nitrogens is 1. The van der Waals surface area contributed by atoms with Gasteiger partial charge in [-0.15, -0.1) is 0 Å². The highest BCUT2D eigenvalue weighted by molar-refractivity contribution is 7.45. The Bertz CT molecular complexity index is 1480. The van der Waals surface area contributed by atoms with Crippen LogP contribution in [0.1, 0.15) is 361 Å². The van der Waals surface area contributed by atoms with E-state index in [2.05, 4.69) is 50.3 Å². The first kappa shape index (κ1) is 80.2. The molecule has 10 heteroatoms. The third kappa shape index (κ3) is 67.4. The van der Waals surface area contributed by atoms with Crippen LogP contribution in [0.5, 0.6) is 0 Å². The standard InChI is InChI=1S/C72H138NO8P/c1-6-8-10-12-14-16-18-20-22-24-26-28-30-32-33-34-35-36-37-38-39-41-42-44-46-48-50-52-54-56-58-60-62-64-71(74)78-68-70(69-80-82(76,77)79-67-66-73(3,4)5)81-72(75)65-63-61-59-57-55-53-51-49-47-45-43-40-31-29-27-25-23-21-19-17-15-13-11-9-7-2/h19,21,25,27,31,40,70H,6-18,20,22-24,26,28-30,32-39,41-69H2,1-5H3/b21-19-,27-25-,40-31-. The second-order valence-electron chi connectivity index (χ2n) is 25.6. The minimum Gasteiger partial charge on any atom is -0.756 e. The monoisotopic (exact) mass is 1180 g/mol. The van der Waals surface area contributed by atoms with Gasteiger partial charge in [0.15, 0.2) is 6.10 Å². The second kappa shape index (κ2) is 63.7. The molecule has 0 aromatic carbocycles. The van der Waals surface area contributed by atoms with Gasteiger partial charge in [0, 0.05) is 12.8 Å². The largest absolute Gasteiger partial charge is 0.756 e. The number of allylic oxidation sites excluding steroid dienone is 6. The van der Waals surface area contributed by atoms with Gasteiger partial charge >= 0.3 is 11.9 Å². The Labute approximate surface area is 510 Å². The Balaban J connectivity index is 3.98. The molecule has 9 nitrogen and oxygen atoms in total. The maximum atomic E-state index is 12.9. The van der Waals surface area contributed by atoms with Crippen molar-refractivity contribution in [2.75, 3.05) is 47.5 Å². The van der Waals surface area contributed by atoms with E-state index in [0.29, 0.717) is 17.4 Å². The van der Waals surface area contributed by atoms with Crippen LogP contribution < -0.4 is 4.89 Å². The van der Waals surface area contributed by atoms with Crippen molar-refractivity contribution in [2.45, 2.75) is 367 Å². The summed E-state index contributed by atoms with van der Waals surface area (Å²) >= 11 is 0. The summed E-state index contributed by atoms with van der Waals surface area (Å²) in [4.78, 5) is 38.1. The van der Waals surface area contributed by atoms with E-state index < -0.39 is 26.5 Å². The number of hydrogen-bond donors (Lipinski definition) is 0. The summed E-state index contributed by atoms with van der Waals surface area (Å²) in [6.07, 6.45) is 80.9. The fourth-order valence-corrected chi connectivity index (χ4v) is 11.4. The minimum absolute atomic E-state index is 0.0299. The third-order valence-corrected chi connectivity index (χ3v) is 17.1. The van der Waals surface area contributed by atoms with E-state index in [-0.39, 0.29) is 32.0 Å². The molecule has 484 valence electrons. The number of rotatable bonds is 67. The van der Waals surface area contributed by atoms with Crippen molar-refractivity contribution in [2.24, 2.45) is 0 Å². The fraction of sp³-hybridized carbons (Fsp3) is 0.889. The maximum Gasteiger partial charge on any atom is 0.306 e. The predicted molar refractivity (Wildman–Crippen MR) is 351 cm³/mol. The van der Waals surface area contributed by atoms with Gasteiger partial charge in [0.05, 0.1) is 27.7 Å². The van der Waals surface area contributed by atoms with E-state index in [4.69, 9.17) is 18.5 Å². The topological polar surface area (TPSA) is 111 Å². The van der Waals surface area contributed by atoms with Gasteiger partial charge in [-0.25, -0.2) is 0 Å². The van der Waals surface area contributed by atoms with Gasteiger partial charge in [-0.05, 0) is 51.4 Å². The molecular formula is C72H138NO8P. The lowest BCUT2D eigenvalue weighted by molar-refractivity contribution is -0.870. The Morgan fingerprint density at radius 3 is 0.976 bits per heavy atom. The number of nitrogens with zero attached hydrogens (tertiary/aromatic N) is 1. The molecular weight excluding hydrogens is 1040 g/mol. The van der Waals surface area contributed by atoms with Crippen LogP contribution >= 0.6 is 7.82 Å². The van der Waals surface area contributed by atoms with Crippen LogP contribution in [0, 0.1) is 0 Å². The van der Waals surface area contributed by atoms with E-state index in [9.17, 15) is 19.0 Å². The quantitative estimate of drug-likeness (QED) is 0.0195. The van der Waals surface area contributed by atoms with Crippen molar-refractivity contribution in [1.82, 2.24) is 0 Å². The molecule has 0 fully saturated rings. The zero-order valence-electron chi connectivity index (χ0n) is 55.2. The summed E-state index contributed by atoms with van der Waals surface area (Å²) in [5.41, 5.74) is 0. The summed E-state index contributed by atoms with van der Waals surface area (Å²) in [5.74, 6) is -0.819. The highest BCUT2D eigenvalue weighted by Gasteiger charge is 2.22. The lowest BCUT2D eigenvalue weighted by atomic mass is 10.0. The Morgan fingerprint density at radius 2 is 0.659 bits per heavy atom. The number of carbonyl (C=O) groups is 2. The number of esters is 2. The van der Waals surface area contributed by atoms with Crippen molar-refractivity contribution in [3.05, 3.63) is 36.5 Å². The molecule has 0 amide bonds. The molecule has 0 spiro atoms. The van der Waals surface area contributed by atoms with E-state index in [1.54, 1.807) is 0 Å². The van der Waals surface area contributed by atoms with E-state index in [0.717, 1.165) is 57.8 Å². The summed E-state index contributed by atoms with van der Waals surface area (Å²) in [6.45, 7) is 4.29. The van der Waals surface area contributed by atoms with Crippen molar-refractivity contribution in [1.29, 1.82) is 0 Å². The minimum atomic E-state index is -4.64. The normalized spacial score (nSPS) is 13.3. The maximum absolute atomic E-state index is 12.9. The first-order chi connectivity index (χ1) is 40.0. The molecule has 0 aromatic heterocycles. The third-order valence-electron chi connectivity index (χ3n) is 16.2. The number of carbonyl (C=O) groups excluding carboxylic acids is 2. The van der Waals surface area contributed by atoms with Gasteiger partial charge in [-0.3, -0.25) is 14.2 Å². The highest BCUT2D eigenvalue weighted by atomic mass is 31.2. The first-order valence-electron chi connectivity index (χ1n) is 35.7. The van der Waals surface area contributed by atoms with E-state index >= 15 is 0 Å². The van der Waals surface area contributed by atoms with Gasteiger partial charge < -0.3 is 27.9 Å². The number of hydrogen-bond acceptors (Lipinski definition) is 8. The van der Waals surface area contributed by atoms with Gasteiger partial charge in [0.2, 0.25) is 0 Å². The lowest BCUT2D eigenvalue weighted by Gasteiger charge is -2.28. The zero-order valence-corrected chi connectivity index (χ0v) is 56.1. The highest BCUT2D eigenvalue weighted by Crippen LogP contribution is 2.38. The molecule has 2 atom stereocenters. The molecule has 0 saturated carbocycles. The lowest BCUT2D eigenvalue weighted by Crippen LogP contribution is -2.37. The van der Waals surface area contributed by atoms with E-state index in [1.807, 2.05) is 21.1 Å². The molecule has 0 N–H and O–H groups in total. The molecule has 2 unspecified atom stereocenters. The SMILES string of the molecule is CCCCCCC/C=C\C/C=C\C/C=C\CCCCCCCCCCCCC(=O)OC(COC(=O)CCCCCCCCCCCCCCCCCCCCCCCCCCCCCCCCCCC)COP(=O)([O-])OCC[N+](C)(C)C. The summed E-state index contributed by atoms with van der Waals surface area (Å²) in [6, 6.07) is 0. The van der Waals surface area contributed by atoms with Crippen molar-refractivity contribution < 1.29 is 42.1 Å². The molecule has 0 bridgehead atoms. The molecule has 0 aromatic rings. The number of phosphoric ester groups is 1. The van der Waals surface area contributed by atoms with Crippen molar-refractivity contribution in [3.63, 3.8) is 0 Å². The molecule has 0 radical (unpaired) electrons. The van der Waals surface area contributed by atoms with Crippen LogP contribution in [0.15, 0.2) is 36.5 Å². The van der Waals surface area contributed by atoms with Crippen molar-refractivity contribution in [3.8, 4) is 0 Å². The van der Waals surface area contributed by atoms with Gasteiger partial charge in [0.25, 0.3) is 7.82 Å². The average Bonchev–Trinajstić information content (AvgIpc) is 3.46. The van der Waals surface area contributed by atoms with Gasteiger partial charge in [-0.2, -0.15) is 0 Å². The molecule has 0 heterocycles. The first-order valence-corrected chi connectivity index (χ1v) is 37.2. The average molecular weight is 1180 g/mol. The predicted octanol–water partition coefficient (Wildman–Crippen LogP) is 22.4. The Morgan fingerprint density at radius 1 is 0.378 bits per heavy atom. The summed E-state index contributed by atoms with van der Waals surface area (Å²) in [7, 11) is 1.18. The molecule has 82 heavy (non-hydrogen) atoms. The number of unbranched alkanes of at least 4 members (excludes halogenated alkanes) is 47. The summed E-state index contributed by atoms with van der Waals surface area (Å²) < 4.78 is 34.3. The second-order valence-corrected chi connectivity index (χ2v) is 27.0. The van der Waals surface area contributed by atoms with Crippen LogP contribution in [0.3, 0.4) is 0 Å². The number of phosphoric acid groups is 1. The summed E-state index contributed by atoms with van der Waals surface area (Å²) in [5, 5.41) is 0. The number of likely N-dealkylation sites (N-methyl/N-ethyl adjacent to an activating group) is 1. The van der Waals surface area contributed by atoms with Crippen LogP contribution in [0.25, 0.3) is 0 Å². The molecule has 0 aliphatic heterocycles. The van der Waals surface area contributed by atoms with Crippen LogP contribution in [0.2, 0.25) is 0 Å². The fourth-order valence-electron chi connectivity index (χ4n) is 10.7. The smallest absolute Gasteiger partial charge is 0.306 e. The molecule has 0 aliphatic rings. The van der Waals surface area contributed by atoms with E-state index in [1.165, 1.54) is 270 Å². The Hall–Kier alpha value is -1.77. The van der Waals surface area contributed by atoms with Crippen LogP contribution in [0.4, 0.5) is 0 Å². The molecule has 0 saturated heterocycles.